The molecule has 2 rings (SSSR count). The van der Waals surface area contributed by atoms with E-state index in [0.29, 0.717) is 0 Å². The van der Waals surface area contributed by atoms with Gasteiger partial charge in [0.2, 0.25) is 0 Å². The van der Waals surface area contributed by atoms with Gasteiger partial charge in [0.25, 0.3) is 0 Å². The van der Waals surface area contributed by atoms with Crippen molar-refractivity contribution in [2.24, 2.45) is 0 Å². The fourth-order valence-corrected chi connectivity index (χ4v) is 3.05. The van der Waals surface area contributed by atoms with Gasteiger partial charge in [-0.05, 0) is 18.5 Å². The van der Waals surface area contributed by atoms with Gasteiger partial charge >= 0.3 is 5.97 Å². The van der Waals surface area contributed by atoms with Crippen LogP contribution in [-0.2, 0) is 4.79 Å². The molecule has 17 heavy (non-hydrogen) atoms. The Labute approximate surface area is 105 Å². The smallest absolute Gasteiger partial charge is 0.305 e. The predicted octanol–water partition coefficient (Wildman–Crippen LogP) is 1.51. The number of carbonyl (C=O) groups is 1. The van der Waals surface area contributed by atoms with Crippen LogP contribution >= 0.6 is 11.3 Å². The molecule has 5 heteroatoms. The zero-order chi connectivity index (χ0) is 12.3. The topological polar surface area (TPSA) is 43.8 Å². The van der Waals surface area contributed by atoms with Crippen LogP contribution in [0.2, 0.25) is 0 Å². The first-order valence-corrected chi connectivity index (χ1v) is 6.72. The molecule has 0 spiro atoms. The van der Waals surface area contributed by atoms with Gasteiger partial charge in [0, 0.05) is 31.1 Å². The summed E-state index contributed by atoms with van der Waals surface area (Å²) in [6.45, 7) is 3.93. The van der Waals surface area contributed by atoms with Crippen LogP contribution < -0.4 is 0 Å². The van der Waals surface area contributed by atoms with E-state index in [2.05, 4.69) is 16.8 Å². The molecule has 0 aromatic carbocycles. The number of rotatable bonds is 4. The maximum Gasteiger partial charge on any atom is 0.305 e. The molecular weight excluding hydrogens is 236 g/mol. The van der Waals surface area contributed by atoms with Gasteiger partial charge in [0.1, 0.15) is 0 Å². The number of likely N-dealkylation sites (N-methyl/N-ethyl adjacent to an activating group) is 1. The van der Waals surface area contributed by atoms with Crippen LogP contribution in [0.4, 0.5) is 0 Å². The highest BCUT2D eigenvalue weighted by atomic mass is 32.1. The van der Waals surface area contributed by atoms with Crippen LogP contribution in [0.1, 0.15) is 17.3 Å². The molecule has 0 radical (unpaired) electrons. The fraction of sp³-hybridized carbons (Fsp3) is 0.583. The number of aliphatic carboxylic acids is 1. The van der Waals surface area contributed by atoms with Crippen molar-refractivity contribution in [2.75, 3.05) is 33.2 Å². The van der Waals surface area contributed by atoms with Gasteiger partial charge in [-0.15, -0.1) is 11.3 Å². The Hall–Kier alpha value is -0.910. The van der Waals surface area contributed by atoms with Gasteiger partial charge in [0.15, 0.2) is 0 Å². The monoisotopic (exact) mass is 254 g/mol. The molecule has 1 aliphatic heterocycles. The van der Waals surface area contributed by atoms with Crippen molar-refractivity contribution in [1.29, 1.82) is 0 Å². The number of hydrogen-bond donors (Lipinski definition) is 1. The molecule has 1 saturated heterocycles. The molecular formula is C12H18N2O2S. The molecule has 1 unspecified atom stereocenters. The van der Waals surface area contributed by atoms with Crippen LogP contribution in [0.3, 0.4) is 0 Å². The average molecular weight is 254 g/mol. The van der Waals surface area contributed by atoms with E-state index >= 15 is 0 Å². The molecule has 94 valence electrons. The van der Waals surface area contributed by atoms with Crippen molar-refractivity contribution in [3.05, 3.63) is 22.4 Å². The Morgan fingerprint density at radius 3 is 2.71 bits per heavy atom. The van der Waals surface area contributed by atoms with E-state index in [-0.39, 0.29) is 12.5 Å². The highest BCUT2D eigenvalue weighted by molar-refractivity contribution is 7.10. The predicted molar refractivity (Wildman–Crippen MR) is 68.4 cm³/mol. The second kappa shape index (κ2) is 5.62. The van der Waals surface area contributed by atoms with E-state index in [9.17, 15) is 4.79 Å². The van der Waals surface area contributed by atoms with E-state index in [1.807, 2.05) is 17.5 Å². The van der Waals surface area contributed by atoms with Gasteiger partial charge < -0.3 is 10.0 Å². The molecule has 1 atom stereocenters. The van der Waals surface area contributed by atoms with Crippen LogP contribution in [-0.4, -0.2) is 54.1 Å². The third-order valence-corrected chi connectivity index (χ3v) is 4.19. The fourth-order valence-electron chi connectivity index (χ4n) is 2.19. The number of thiophene rings is 1. The minimum Gasteiger partial charge on any atom is -0.481 e. The molecule has 1 N–H and O–H groups in total. The Bertz CT molecular complexity index is 359. The summed E-state index contributed by atoms with van der Waals surface area (Å²) in [5.41, 5.74) is 0. The van der Waals surface area contributed by atoms with Crippen molar-refractivity contribution in [3.8, 4) is 0 Å². The summed E-state index contributed by atoms with van der Waals surface area (Å²) < 4.78 is 0. The van der Waals surface area contributed by atoms with E-state index < -0.39 is 5.97 Å². The van der Waals surface area contributed by atoms with Gasteiger partial charge in [-0.1, -0.05) is 6.07 Å². The Balaban J connectivity index is 2.07. The van der Waals surface area contributed by atoms with Gasteiger partial charge in [0.05, 0.1) is 12.5 Å². The molecule has 4 nitrogen and oxygen atoms in total. The lowest BCUT2D eigenvalue weighted by Crippen LogP contribution is -2.46. The van der Waals surface area contributed by atoms with Crippen LogP contribution in [0.5, 0.6) is 0 Å². The minimum absolute atomic E-state index is 0.0428. The largest absolute Gasteiger partial charge is 0.481 e. The zero-order valence-corrected chi connectivity index (χ0v) is 10.8. The van der Waals surface area contributed by atoms with Gasteiger partial charge in [-0.2, -0.15) is 0 Å². The number of piperazine rings is 1. The highest BCUT2D eigenvalue weighted by Gasteiger charge is 2.26. The second-order valence-corrected chi connectivity index (χ2v) is 5.45. The standard InChI is InChI=1S/C12H18N2O2S/c1-13-4-6-14(7-5-13)10(9-12(15)16)11-3-2-8-17-11/h2-3,8,10H,4-7,9H2,1H3,(H,15,16). The molecule has 0 aliphatic carbocycles. The Morgan fingerprint density at radius 2 is 2.18 bits per heavy atom. The summed E-state index contributed by atoms with van der Waals surface area (Å²) in [5, 5.41) is 11.0. The SMILES string of the molecule is CN1CCN(C(CC(=O)O)c2cccs2)CC1. The summed E-state index contributed by atoms with van der Waals surface area (Å²) in [6, 6.07) is 4.07. The molecule has 0 saturated carbocycles. The summed E-state index contributed by atoms with van der Waals surface area (Å²) in [6.07, 6.45) is 0.199. The quantitative estimate of drug-likeness (QED) is 0.884. The van der Waals surface area contributed by atoms with Gasteiger partial charge in [-0.3, -0.25) is 9.69 Å². The minimum atomic E-state index is -0.720. The van der Waals surface area contributed by atoms with Crippen molar-refractivity contribution in [3.63, 3.8) is 0 Å². The molecule has 1 aromatic rings. The normalized spacial score (nSPS) is 20.3. The Morgan fingerprint density at radius 1 is 1.47 bits per heavy atom. The lowest BCUT2D eigenvalue weighted by atomic mass is 10.1. The molecule has 0 bridgehead atoms. The van der Waals surface area contributed by atoms with Gasteiger partial charge in [-0.25, -0.2) is 0 Å². The van der Waals surface area contributed by atoms with Crippen molar-refractivity contribution < 1.29 is 9.90 Å². The van der Waals surface area contributed by atoms with Crippen molar-refractivity contribution >= 4 is 17.3 Å². The first-order valence-electron chi connectivity index (χ1n) is 5.84. The van der Waals surface area contributed by atoms with E-state index in [1.54, 1.807) is 11.3 Å². The van der Waals surface area contributed by atoms with E-state index in [0.717, 1.165) is 31.1 Å². The number of carboxylic acid groups (broad SMARTS) is 1. The number of nitrogens with zero attached hydrogens (tertiary/aromatic N) is 2. The molecule has 1 aliphatic rings. The summed E-state index contributed by atoms with van der Waals surface area (Å²) in [5.74, 6) is -0.720. The lowest BCUT2D eigenvalue weighted by Gasteiger charge is -2.37. The maximum atomic E-state index is 11.0. The summed E-state index contributed by atoms with van der Waals surface area (Å²) >= 11 is 1.65. The zero-order valence-electron chi connectivity index (χ0n) is 10.0. The third kappa shape index (κ3) is 3.28. The average Bonchev–Trinajstić information content (AvgIpc) is 2.80. The molecule has 2 heterocycles. The van der Waals surface area contributed by atoms with Crippen molar-refractivity contribution in [2.45, 2.75) is 12.5 Å². The highest BCUT2D eigenvalue weighted by Crippen LogP contribution is 2.28. The Kier molecular flexibility index (Phi) is 4.15. The molecule has 1 fully saturated rings. The van der Waals surface area contributed by atoms with Crippen LogP contribution in [0.25, 0.3) is 0 Å². The summed E-state index contributed by atoms with van der Waals surface area (Å²) in [7, 11) is 2.11. The first-order chi connectivity index (χ1) is 8.16. The van der Waals surface area contributed by atoms with E-state index in [1.165, 1.54) is 0 Å². The summed E-state index contributed by atoms with van der Waals surface area (Å²) in [4.78, 5) is 16.7. The van der Waals surface area contributed by atoms with Crippen LogP contribution in [0, 0.1) is 0 Å². The lowest BCUT2D eigenvalue weighted by molar-refractivity contribution is -0.138. The first kappa shape index (κ1) is 12.5. The van der Waals surface area contributed by atoms with E-state index in [4.69, 9.17) is 5.11 Å². The second-order valence-electron chi connectivity index (χ2n) is 4.47. The molecule has 1 aromatic heterocycles. The maximum absolute atomic E-state index is 11.0. The van der Waals surface area contributed by atoms with Crippen LogP contribution in [0.15, 0.2) is 17.5 Å². The third-order valence-electron chi connectivity index (χ3n) is 3.22. The molecule has 0 amide bonds. The number of hydrogen-bond acceptors (Lipinski definition) is 4. The number of carboxylic acids is 1. The van der Waals surface area contributed by atoms with Crippen molar-refractivity contribution in [1.82, 2.24) is 9.80 Å².